The fourth-order valence-electron chi connectivity index (χ4n) is 2.86. The van der Waals surface area contributed by atoms with Gasteiger partial charge in [0.05, 0.1) is 0 Å². The van der Waals surface area contributed by atoms with Crippen molar-refractivity contribution in [3.8, 4) is 11.1 Å². The van der Waals surface area contributed by atoms with Crippen LogP contribution in [0.1, 0.15) is 23.3 Å². The number of H-pyrrole nitrogens is 1. The van der Waals surface area contributed by atoms with Crippen LogP contribution in [-0.2, 0) is 0 Å². The molecule has 3 rings (SSSR count). The lowest BCUT2D eigenvalue weighted by Crippen LogP contribution is -2.37. The van der Waals surface area contributed by atoms with Crippen LogP contribution in [0.15, 0.2) is 54.6 Å². The van der Waals surface area contributed by atoms with E-state index < -0.39 is 0 Å². The summed E-state index contributed by atoms with van der Waals surface area (Å²) < 4.78 is 0. The number of carbonyl (C=O) groups is 1. The molecule has 1 heterocycles. The zero-order valence-corrected chi connectivity index (χ0v) is 15.4. The van der Waals surface area contributed by atoms with Crippen LogP contribution in [0.25, 0.3) is 22.0 Å². The number of aromatic amines is 1. The molecule has 6 N–H and O–H groups in total. The molecule has 6 heteroatoms. The van der Waals surface area contributed by atoms with Gasteiger partial charge >= 0.3 is 0 Å². The molecule has 0 bridgehead atoms. The van der Waals surface area contributed by atoms with Crippen molar-refractivity contribution in [2.24, 2.45) is 11.5 Å². The molecule has 138 valence electrons. The average molecular weight is 373 g/mol. The number of benzene rings is 2. The second kappa shape index (κ2) is 9.38. The highest BCUT2D eigenvalue weighted by Gasteiger charge is 2.11. The molecule has 1 amide bonds. The average Bonchev–Trinajstić information content (AvgIpc) is 3.08. The maximum absolute atomic E-state index is 12.3. The summed E-state index contributed by atoms with van der Waals surface area (Å²) in [6.07, 6.45) is 1.68. The first-order chi connectivity index (χ1) is 12.2. The molecule has 1 aromatic heterocycles. The van der Waals surface area contributed by atoms with E-state index in [1.807, 2.05) is 30.3 Å². The smallest absolute Gasteiger partial charge is 0.267 e. The van der Waals surface area contributed by atoms with Crippen molar-refractivity contribution in [2.45, 2.75) is 18.9 Å². The van der Waals surface area contributed by atoms with Gasteiger partial charge in [-0.15, -0.1) is 12.4 Å². The van der Waals surface area contributed by atoms with Crippen molar-refractivity contribution in [1.82, 2.24) is 10.3 Å². The molecule has 0 unspecified atom stereocenters. The van der Waals surface area contributed by atoms with Gasteiger partial charge in [0, 0.05) is 23.5 Å². The number of nitrogens with two attached hydrogens (primary N) is 2. The minimum atomic E-state index is -0.138. The number of nitrogens with one attached hydrogen (secondary N) is 2. The fourth-order valence-corrected chi connectivity index (χ4v) is 2.86. The van der Waals surface area contributed by atoms with Crippen molar-refractivity contribution < 1.29 is 4.79 Å². The third kappa shape index (κ3) is 4.85. The Labute approximate surface area is 159 Å². The molecule has 0 aliphatic heterocycles. The number of halogens is 1. The molecule has 3 aromatic rings. The Balaban J connectivity index is 0.00000243. The number of carbonyl (C=O) groups excluding carboxylic acids is 1. The summed E-state index contributed by atoms with van der Waals surface area (Å²) in [5.74, 6) is -0.138. The van der Waals surface area contributed by atoms with Gasteiger partial charge in [-0.25, -0.2) is 0 Å². The normalized spacial score (nSPS) is 11.8. The van der Waals surface area contributed by atoms with Gasteiger partial charge in [0.2, 0.25) is 0 Å². The second-order valence-corrected chi connectivity index (χ2v) is 6.25. The Hall–Kier alpha value is -2.34. The monoisotopic (exact) mass is 372 g/mol. The topological polar surface area (TPSA) is 96.9 Å². The number of rotatable bonds is 7. The molecular formula is C20H25ClN4O. The van der Waals surface area contributed by atoms with E-state index in [0.29, 0.717) is 18.8 Å². The van der Waals surface area contributed by atoms with E-state index in [0.717, 1.165) is 34.9 Å². The maximum Gasteiger partial charge on any atom is 0.267 e. The first-order valence-electron chi connectivity index (χ1n) is 8.59. The highest BCUT2D eigenvalue weighted by Crippen LogP contribution is 2.24. The van der Waals surface area contributed by atoms with Crippen LogP contribution in [0.5, 0.6) is 0 Å². The van der Waals surface area contributed by atoms with Crippen LogP contribution in [0.3, 0.4) is 0 Å². The summed E-state index contributed by atoms with van der Waals surface area (Å²) in [4.78, 5) is 15.5. The summed E-state index contributed by atoms with van der Waals surface area (Å²) in [6.45, 7) is 1.07. The standard InChI is InChI=1S/C20H24N4O.ClH/c21-10-4-7-17(22)13-23-20(25)19-12-16-9-8-15(11-18(16)24-19)14-5-2-1-3-6-14;/h1-3,5-6,8-9,11-12,17,24H,4,7,10,13,21-22H2,(H,23,25);1H/t17-;/m0./s1. The van der Waals surface area contributed by atoms with Gasteiger partial charge in [0.1, 0.15) is 5.69 Å². The summed E-state index contributed by atoms with van der Waals surface area (Å²) >= 11 is 0. The van der Waals surface area contributed by atoms with Gasteiger partial charge in [-0.2, -0.15) is 0 Å². The van der Waals surface area contributed by atoms with Gasteiger partial charge in [0.15, 0.2) is 0 Å². The number of amides is 1. The molecule has 0 saturated heterocycles. The Kier molecular flexibility index (Phi) is 7.21. The predicted molar refractivity (Wildman–Crippen MR) is 110 cm³/mol. The minimum absolute atomic E-state index is 0. The Morgan fingerprint density at radius 3 is 2.58 bits per heavy atom. The van der Waals surface area contributed by atoms with Gasteiger partial charge in [-0.3, -0.25) is 4.79 Å². The molecule has 0 aliphatic carbocycles. The van der Waals surface area contributed by atoms with Gasteiger partial charge in [-0.1, -0.05) is 42.5 Å². The van der Waals surface area contributed by atoms with Crippen molar-refractivity contribution in [3.63, 3.8) is 0 Å². The molecule has 0 saturated carbocycles. The van der Waals surface area contributed by atoms with Crippen LogP contribution >= 0.6 is 12.4 Å². The van der Waals surface area contributed by atoms with E-state index in [4.69, 9.17) is 11.5 Å². The number of hydrogen-bond donors (Lipinski definition) is 4. The van der Waals surface area contributed by atoms with Crippen LogP contribution in [0.4, 0.5) is 0 Å². The van der Waals surface area contributed by atoms with Crippen molar-refractivity contribution in [1.29, 1.82) is 0 Å². The number of fused-ring (bicyclic) bond motifs is 1. The first kappa shape index (κ1) is 20.0. The Morgan fingerprint density at radius 2 is 1.85 bits per heavy atom. The number of aromatic nitrogens is 1. The highest BCUT2D eigenvalue weighted by molar-refractivity contribution is 5.98. The van der Waals surface area contributed by atoms with Crippen LogP contribution in [0.2, 0.25) is 0 Å². The molecule has 0 spiro atoms. The van der Waals surface area contributed by atoms with Crippen molar-refractivity contribution in [3.05, 3.63) is 60.3 Å². The summed E-state index contributed by atoms with van der Waals surface area (Å²) in [7, 11) is 0. The quantitative estimate of drug-likeness (QED) is 0.513. The van der Waals surface area contributed by atoms with E-state index in [2.05, 4.69) is 34.6 Å². The molecule has 2 aromatic carbocycles. The van der Waals surface area contributed by atoms with Crippen molar-refractivity contribution in [2.75, 3.05) is 13.1 Å². The van der Waals surface area contributed by atoms with Crippen LogP contribution in [-0.4, -0.2) is 30.0 Å². The molecule has 26 heavy (non-hydrogen) atoms. The van der Waals surface area contributed by atoms with E-state index in [1.54, 1.807) is 0 Å². The lowest BCUT2D eigenvalue weighted by Gasteiger charge is -2.11. The molecule has 0 fully saturated rings. The SMILES string of the molecule is Cl.NCCC[C@H](N)CNC(=O)c1cc2ccc(-c3ccccc3)cc2[nH]1. The lowest BCUT2D eigenvalue weighted by atomic mass is 10.0. The van der Waals surface area contributed by atoms with E-state index >= 15 is 0 Å². The molecular weight excluding hydrogens is 348 g/mol. The Morgan fingerprint density at radius 1 is 1.08 bits per heavy atom. The van der Waals surface area contributed by atoms with Gasteiger partial charge in [-0.05, 0) is 42.6 Å². The predicted octanol–water partition coefficient (Wildman–Crippen LogP) is 3.05. The summed E-state index contributed by atoms with van der Waals surface area (Å²) in [5, 5.41) is 3.89. The van der Waals surface area contributed by atoms with E-state index in [1.165, 1.54) is 0 Å². The third-order valence-electron chi connectivity index (χ3n) is 4.28. The molecule has 5 nitrogen and oxygen atoms in total. The second-order valence-electron chi connectivity index (χ2n) is 6.25. The Bertz CT molecular complexity index is 847. The van der Waals surface area contributed by atoms with Gasteiger partial charge in [0.25, 0.3) is 5.91 Å². The summed E-state index contributed by atoms with van der Waals surface area (Å²) in [6, 6.07) is 18.1. The fraction of sp³-hybridized carbons (Fsp3) is 0.250. The van der Waals surface area contributed by atoms with E-state index in [-0.39, 0.29) is 24.4 Å². The molecule has 1 atom stereocenters. The van der Waals surface area contributed by atoms with Crippen LogP contribution in [0, 0.1) is 0 Å². The zero-order chi connectivity index (χ0) is 17.6. The first-order valence-corrected chi connectivity index (χ1v) is 8.59. The highest BCUT2D eigenvalue weighted by atomic mass is 35.5. The molecule has 0 aliphatic rings. The largest absolute Gasteiger partial charge is 0.351 e. The maximum atomic E-state index is 12.3. The lowest BCUT2D eigenvalue weighted by molar-refractivity contribution is 0.0946. The number of hydrogen-bond acceptors (Lipinski definition) is 3. The third-order valence-corrected chi connectivity index (χ3v) is 4.28. The van der Waals surface area contributed by atoms with Crippen LogP contribution < -0.4 is 16.8 Å². The summed E-state index contributed by atoms with van der Waals surface area (Å²) in [5.41, 5.74) is 15.2. The molecule has 0 radical (unpaired) electrons. The van der Waals surface area contributed by atoms with Gasteiger partial charge < -0.3 is 21.8 Å². The van der Waals surface area contributed by atoms with E-state index in [9.17, 15) is 4.79 Å². The zero-order valence-electron chi connectivity index (χ0n) is 14.6. The minimum Gasteiger partial charge on any atom is -0.351 e. The van der Waals surface area contributed by atoms with Crippen molar-refractivity contribution >= 4 is 29.2 Å².